The van der Waals surface area contributed by atoms with Gasteiger partial charge in [-0.1, -0.05) is 0 Å². The number of rotatable bonds is 2. The molecule has 1 N–H and O–H groups in total. The molecular formula is C14H12BrNO2. The summed E-state index contributed by atoms with van der Waals surface area (Å²) in [5, 5.41) is 10.1. The molecule has 4 heteroatoms. The predicted octanol–water partition coefficient (Wildman–Crippen LogP) is 3.88. The van der Waals surface area contributed by atoms with Crippen LogP contribution >= 0.6 is 15.9 Å². The van der Waals surface area contributed by atoms with E-state index >= 15 is 0 Å². The van der Waals surface area contributed by atoms with Gasteiger partial charge in [0.1, 0.15) is 0 Å². The van der Waals surface area contributed by atoms with Gasteiger partial charge < -0.3 is 5.11 Å². The summed E-state index contributed by atoms with van der Waals surface area (Å²) >= 11 is 3.48. The Morgan fingerprint density at radius 2 is 2.11 bits per heavy atom. The minimum absolute atomic E-state index is 0.353. The maximum Gasteiger partial charge on any atom is 0.336 e. The second-order valence-electron chi connectivity index (χ2n) is 4.82. The second kappa shape index (κ2) is 4.05. The third kappa shape index (κ3) is 1.90. The van der Waals surface area contributed by atoms with Crippen LogP contribution in [0.25, 0.3) is 10.9 Å². The van der Waals surface area contributed by atoms with E-state index in [1.165, 1.54) is 0 Å². The van der Waals surface area contributed by atoms with E-state index in [1.807, 2.05) is 19.1 Å². The van der Waals surface area contributed by atoms with E-state index in [-0.39, 0.29) is 0 Å². The molecule has 0 radical (unpaired) electrons. The van der Waals surface area contributed by atoms with Crippen LogP contribution in [0.4, 0.5) is 0 Å². The van der Waals surface area contributed by atoms with E-state index in [4.69, 9.17) is 0 Å². The van der Waals surface area contributed by atoms with Crippen molar-refractivity contribution in [3.63, 3.8) is 0 Å². The molecule has 0 aliphatic heterocycles. The number of hydrogen-bond acceptors (Lipinski definition) is 2. The van der Waals surface area contributed by atoms with Crippen molar-refractivity contribution in [2.24, 2.45) is 0 Å². The summed E-state index contributed by atoms with van der Waals surface area (Å²) in [6.07, 6.45) is 2.22. The second-order valence-corrected chi connectivity index (χ2v) is 5.67. The standard InChI is InChI=1S/C14H12BrNO2/c1-7-4-9-10(14(17)18)6-12(8-2-3-8)16-13(9)11(15)5-7/h4-6,8H,2-3H2,1H3,(H,17,18). The molecule has 2 aromatic rings. The number of aromatic carboxylic acids is 1. The summed E-state index contributed by atoms with van der Waals surface area (Å²) in [6.45, 7) is 1.95. The van der Waals surface area contributed by atoms with Gasteiger partial charge in [-0.25, -0.2) is 4.79 Å². The van der Waals surface area contributed by atoms with Crippen LogP contribution in [0.1, 0.15) is 40.4 Å². The third-order valence-electron chi connectivity index (χ3n) is 3.26. The van der Waals surface area contributed by atoms with Crippen molar-refractivity contribution in [3.05, 3.63) is 39.5 Å². The third-order valence-corrected chi connectivity index (χ3v) is 3.86. The number of aromatic nitrogens is 1. The predicted molar refractivity (Wildman–Crippen MR) is 73.1 cm³/mol. The lowest BCUT2D eigenvalue weighted by Crippen LogP contribution is -2.02. The zero-order valence-electron chi connectivity index (χ0n) is 9.90. The zero-order chi connectivity index (χ0) is 12.9. The van der Waals surface area contributed by atoms with E-state index in [1.54, 1.807) is 6.07 Å². The van der Waals surface area contributed by atoms with Crippen LogP contribution in [0.3, 0.4) is 0 Å². The summed E-state index contributed by atoms with van der Waals surface area (Å²) in [6, 6.07) is 5.58. The number of aryl methyl sites for hydroxylation is 1. The Morgan fingerprint density at radius 1 is 1.39 bits per heavy atom. The average molecular weight is 306 g/mol. The minimum atomic E-state index is -0.887. The van der Waals surface area contributed by atoms with Crippen LogP contribution in [0.15, 0.2) is 22.7 Å². The molecule has 1 aliphatic rings. The Morgan fingerprint density at radius 3 is 2.72 bits per heavy atom. The van der Waals surface area contributed by atoms with E-state index in [2.05, 4.69) is 20.9 Å². The highest BCUT2D eigenvalue weighted by atomic mass is 79.9. The Kier molecular flexibility index (Phi) is 2.63. The van der Waals surface area contributed by atoms with Crippen LogP contribution in [-0.2, 0) is 0 Å². The lowest BCUT2D eigenvalue weighted by atomic mass is 10.0. The minimum Gasteiger partial charge on any atom is -0.478 e. The van der Waals surface area contributed by atoms with Gasteiger partial charge in [-0.2, -0.15) is 0 Å². The number of pyridine rings is 1. The molecule has 3 nitrogen and oxygen atoms in total. The van der Waals surface area contributed by atoms with E-state index < -0.39 is 5.97 Å². The molecule has 0 unspecified atom stereocenters. The number of nitrogens with zero attached hydrogens (tertiary/aromatic N) is 1. The van der Waals surface area contributed by atoms with Gasteiger partial charge in [-0.05, 0) is 59.5 Å². The molecule has 1 aliphatic carbocycles. The van der Waals surface area contributed by atoms with Crippen molar-refractivity contribution in [2.75, 3.05) is 0 Å². The Balaban J connectivity index is 2.37. The van der Waals surface area contributed by atoms with Crippen LogP contribution in [0.2, 0.25) is 0 Å². The summed E-state index contributed by atoms with van der Waals surface area (Å²) in [4.78, 5) is 16.0. The van der Waals surface area contributed by atoms with E-state index in [0.29, 0.717) is 16.9 Å². The van der Waals surface area contributed by atoms with Gasteiger partial charge in [0.25, 0.3) is 0 Å². The van der Waals surface area contributed by atoms with Crippen molar-refractivity contribution in [1.82, 2.24) is 4.98 Å². The molecule has 0 bridgehead atoms. The molecule has 92 valence electrons. The maximum atomic E-state index is 11.4. The highest BCUT2D eigenvalue weighted by molar-refractivity contribution is 9.10. The Labute approximate surface area is 113 Å². The highest BCUT2D eigenvalue weighted by Crippen LogP contribution is 2.41. The summed E-state index contributed by atoms with van der Waals surface area (Å²) < 4.78 is 0.863. The molecule has 0 spiro atoms. The Bertz CT molecular complexity index is 662. The van der Waals surface area contributed by atoms with Crippen molar-refractivity contribution < 1.29 is 9.90 Å². The van der Waals surface area contributed by atoms with Gasteiger partial charge in [0.15, 0.2) is 0 Å². The average Bonchev–Trinajstić information content (AvgIpc) is 3.11. The molecule has 1 aromatic carbocycles. The number of carboxylic acids is 1. The van der Waals surface area contributed by atoms with Crippen LogP contribution < -0.4 is 0 Å². The van der Waals surface area contributed by atoms with E-state index in [0.717, 1.165) is 34.1 Å². The maximum absolute atomic E-state index is 11.4. The molecule has 1 heterocycles. The number of carbonyl (C=O) groups is 1. The molecule has 0 atom stereocenters. The summed E-state index contributed by atoms with van der Waals surface area (Å²) in [5.41, 5.74) is 3.04. The van der Waals surface area contributed by atoms with Crippen LogP contribution in [0, 0.1) is 6.92 Å². The molecule has 0 saturated heterocycles. The van der Waals surface area contributed by atoms with Crippen molar-refractivity contribution in [3.8, 4) is 0 Å². The van der Waals surface area contributed by atoms with Crippen LogP contribution in [0.5, 0.6) is 0 Å². The molecule has 18 heavy (non-hydrogen) atoms. The topological polar surface area (TPSA) is 50.2 Å². The van der Waals surface area contributed by atoms with Crippen molar-refractivity contribution >= 4 is 32.8 Å². The summed E-state index contributed by atoms with van der Waals surface area (Å²) in [5.74, 6) is -0.442. The largest absolute Gasteiger partial charge is 0.478 e. The SMILES string of the molecule is Cc1cc(Br)c2nc(C3CC3)cc(C(=O)O)c2c1. The number of benzene rings is 1. The highest BCUT2D eigenvalue weighted by Gasteiger charge is 2.27. The molecule has 1 saturated carbocycles. The van der Waals surface area contributed by atoms with Gasteiger partial charge in [-0.15, -0.1) is 0 Å². The lowest BCUT2D eigenvalue weighted by molar-refractivity contribution is 0.0699. The fraction of sp³-hybridized carbons (Fsp3) is 0.286. The molecule has 1 fully saturated rings. The fourth-order valence-electron chi connectivity index (χ4n) is 2.21. The van der Waals surface area contributed by atoms with Gasteiger partial charge in [0.2, 0.25) is 0 Å². The lowest BCUT2D eigenvalue weighted by Gasteiger charge is -2.08. The molecular weight excluding hydrogens is 294 g/mol. The molecule has 3 rings (SSSR count). The normalized spacial score (nSPS) is 15.0. The number of hydrogen-bond donors (Lipinski definition) is 1. The van der Waals surface area contributed by atoms with Gasteiger partial charge in [-0.3, -0.25) is 4.98 Å². The van der Waals surface area contributed by atoms with Crippen molar-refractivity contribution in [1.29, 1.82) is 0 Å². The fourth-order valence-corrected chi connectivity index (χ4v) is 2.87. The monoisotopic (exact) mass is 305 g/mol. The molecule has 0 amide bonds. The van der Waals surface area contributed by atoms with Gasteiger partial charge in [0.05, 0.1) is 11.1 Å². The first kappa shape index (κ1) is 11.7. The first-order valence-corrected chi connectivity index (χ1v) is 6.69. The first-order chi connectivity index (χ1) is 8.56. The summed E-state index contributed by atoms with van der Waals surface area (Å²) in [7, 11) is 0. The Hall–Kier alpha value is -1.42. The van der Waals surface area contributed by atoms with Gasteiger partial charge in [0, 0.05) is 21.5 Å². The van der Waals surface area contributed by atoms with E-state index in [9.17, 15) is 9.90 Å². The number of fused-ring (bicyclic) bond motifs is 1. The van der Waals surface area contributed by atoms with Crippen LogP contribution in [-0.4, -0.2) is 16.1 Å². The quantitative estimate of drug-likeness (QED) is 0.916. The number of carboxylic acid groups (broad SMARTS) is 1. The first-order valence-electron chi connectivity index (χ1n) is 5.90. The van der Waals surface area contributed by atoms with Gasteiger partial charge >= 0.3 is 5.97 Å². The smallest absolute Gasteiger partial charge is 0.336 e. The zero-order valence-corrected chi connectivity index (χ0v) is 11.5. The molecule has 1 aromatic heterocycles. The van der Waals surface area contributed by atoms with Crippen molar-refractivity contribution in [2.45, 2.75) is 25.7 Å². The number of halogens is 1.